The van der Waals surface area contributed by atoms with Gasteiger partial charge in [0, 0.05) is 31.9 Å². The number of hydrogen-bond acceptors (Lipinski definition) is 6. The van der Waals surface area contributed by atoms with Gasteiger partial charge in [-0.1, -0.05) is 19.9 Å². The molecule has 142 valence electrons. The minimum atomic E-state index is 0.634. The molecule has 0 saturated carbocycles. The first-order valence-electron chi connectivity index (χ1n) is 9.39. The Labute approximate surface area is 159 Å². The Kier molecular flexibility index (Phi) is 4.59. The number of methoxy groups -OCH3 is 1. The summed E-state index contributed by atoms with van der Waals surface area (Å²) in [7, 11) is 3.58. The van der Waals surface area contributed by atoms with Gasteiger partial charge in [0.1, 0.15) is 11.6 Å². The number of ether oxygens (including phenoxy) is 1. The molecular formula is C20H26N6O. The molecule has 0 spiro atoms. The standard InChI is InChI=1S/C20H26N6O/c1-13-8-14(2)12-26(11-13)20-23-18(17-10-21-25(3)19(17)24-20)22-15-6-5-7-16(9-15)27-4/h5-7,9-10,13-14H,8,11-12H2,1-4H3,(H,22,23,24)/t13-,14+. The number of nitrogens with zero attached hydrogens (tertiary/aromatic N) is 5. The number of piperidine rings is 1. The van der Waals surface area contributed by atoms with Gasteiger partial charge in [-0.05, 0) is 30.4 Å². The van der Waals surface area contributed by atoms with E-state index in [2.05, 4.69) is 29.2 Å². The lowest BCUT2D eigenvalue weighted by Gasteiger charge is -2.35. The zero-order valence-electron chi connectivity index (χ0n) is 16.3. The maximum Gasteiger partial charge on any atom is 0.229 e. The van der Waals surface area contributed by atoms with Crippen molar-refractivity contribution in [1.29, 1.82) is 0 Å². The number of hydrogen-bond donors (Lipinski definition) is 1. The molecular weight excluding hydrogens is 340 g/mol. The fourth-order valence-corrected chi connectivity index (χ4v) is 3.91. The molecule has 1 aliphatic rings. The molecule has 1 aliphatic heterocycles. The second-order valence-electron chi connectivity index (χ2n) is 7.59. The van der Waals surface area contributed by atoms with E-state index in [0.29, 0.717) is 11.8 Å². The largest absolute Gasteiger partial charge is 0.497 e. The maximum atomic E-state index is 5.33. The van der Waals surface area contributed by atoms with Crippen LogP contribution < -0.4 is 15.0 Å². The molecule has 0 bridgehead atoms. The van der Waals surface area contributed by atoms with Crippen LogP contribution in [0.4, 0.5) is 17.5 Å². The fourth-order valence-electron chi connectivity index (χ4n) is 3.91. The summed E-state index contributed by atoms with van der Waals surface area (Å²) in [5.41, 5.74) is 1.75. The summed E-state index contributed by atoms with van der Waals surface area (Å²) in [4.78, 5) is 12.0. The third-order valence-electron chi connectivity index (χ3n) is 5.06. The van der Waals surface area contributed by atoms with Crippen molar-refractivity contribution in [2.75, 3.05) is 30.4 Å². The molecule has 1 saturated heterocycles. The molecule has 7 heteroatoms. The number of anilines is 3. The van der Waals surface area contributed by atoms with Gasteiger partial charge in [-0.2, -0.15) is 15.1 Å². The van der Waals surface area contributed by atoms with Crippen LogP contribution >= 0.6 is 0 Å². The normalized spacial score (nSPS) is 20.1. The van der Waals surface area contributed by atoms with E-state index in [1.54, 1.807) is 11.8 Å². The lowest BCUT2D eigenvalue weighted by Crippen LogP contribution is -2.39. The van der Waals surface area contributed by atoms with Gasteiger partial charge in [0.15, 0.2) is 5.65 Å². The van der Waals surface area contributed by atoms with Gasteiger partial charge in [0.2, 0.25) is 5.95 Å². The first-order valence-corrected chi connectivity index (χ1v) is 9.39. The van der Waals surface area contributed by atoms with Gasteiger partial charge in [-0.15, -0.1) is 0 Å². The van der Waals surface area contributed by atoms with E-state index in [1.165, 1.54) is 6.42 Å². The molecule has 3 aromatic rings. The third kappa shape index (κ3) is 3.54. The monoisotopic (exact) mass is 366 g/mol. The van der Waals surface area contributed by atoms with E-state index < -0.39 is 0 Å². The lowest BCUT2D eigenvalue weighted by molar-refractivity contribution is 0.354. The zero-order chi connectivity index (χ0) is 19.0. The van der Waals surface area contributed by atoms with Crippen molar-refractivity contribution in [3.63, 3.8) is 0 Å². The molecule has 0 aliphatic carbocycles. The first kappa shape index (κ1) is 17.6. The molecule has 2 atom stereocenters. The van der Waals surface area contributed by atoms with Gasteiger partial charge in [0.05, 0.1) is 18.7 Å². The predicted octanol–water partition coefficient (Wildman–Crippen LogP) is 3.60. The summed E-state index contributed by atoms with van der Waals surface area (Å²) in [6, 6.07) is 7.83. The molecule has 7 nitrogen and oxygen atoms in total. The highest BCUT2D eigenvalue weighted by molar-refractivity contribution is 5.89. The molecule has 0 radical (unpaired) electrons. The van der Waals surface area contributed by atoms with E-state index in [9.17, 15) is 0 Å². The van der Waals surface area contributed by atoms with Crippen molar-refractivity contribution >= 4 is 28.5 Å². The highest BCUT2D eigenvalue weighted by Gasteiger charge is 2.25. The highest BCUT2D eigenvalue weighted by atomic mass is 16.5. The summed E-state index contributed by atoms with van der Waals surface area (Å²) in [6.45, 7) is 6.54. The van der Waals surface area contributed by atoms with E-state index in [-0.39, 0.29) is 0 Å². The van der Waals surface area contributed by atoms with Gasteiger partial charge < -0.3 is 15.0 Å². The van der Waals surface area contributed by atoms with Crippen molar-refractivity contribution in [1.82, 2.24) is 19.7 Å². The average molecular weight is 366 g/mol. The smallest absolute Gasteiger partial charge is 0.229 e. The van der Waals surface area contributed by atoms with Crippen LogP contribution in [-0.4, -0.2) is 39.9 Å². The Morgan fingerprint density at radius 1 is 1.15 bits per heavy atom. The predicted molar refractivity (Wildman–Crippen MR) is 108 cm³/mol. The lowest BCUT2D eigenvalue weighted by atomic mass is 9.92. The minimum absolute atomic E-state index is 0.634. The third-order valence-corrected chi connectivity index (χ3v) is 5.06. The SMILES string of the molecule is COc1cccc(Nc2nc(N3C[C@H](C)C[C@H](C)C3)nc3c2cnn3C)c1. The average Bonchev–Trinajstić information content (AvgIpc) is 3.02. The molecule has 1 fully saturated rings. The molecule has 27 heavy (non-hydrogen) atoms. The van der Waals surface area contributed by atoms with Crippen LogP contribution in [0.15, 0.2) is 30.5 Å². The van der Waals surface area contributed by atoms with Crippen molar-refractivity contribution in [2.24, 2.45) is 18.9 Å². The Morgan fingerprint density at radius 2 is 1.93 bits per heavy atom. The molecule has 2 aromatic heterocycles. The number of aryl methyl sites for hydroxylation is 1. The molecule has 1 N–H and O–H groups in total. The number of rotatable bonds is 4. The van der Waals surface area contributed by atoms with Crippen LogP contribution in [0, 0.1) is 11.8 Å². The topological polar surface area (TPSA) is 68.1 Å². The van der Waals surface area contributed by atoms with Crippen molar-refractivity contribution < 1.29 is 4.74 Å². The summed E-state index contributed by atoms with van der Waals surface area (Å²) < 4.78 is 7.13. The van der Waals surface area contributed by atoms with Crippen molar-refractivity contribution in [3.8, 4) is 5.75 Å². The molecule has 0 unspecified atom stereocenters. The fraction of sp³-hybridized carbons (Fsp3) is 0.450. The Hall–Kier alpha value is -2.83. The summed E-state index contributed by atoms with van der Waals surface area (Å²) >= 11 is 0. The van der Waals surface area contributed by atoms with Gasteiger partial charge in [-0.3, -0.25) is 4.68 Å². The van der Waals surface area contributed by atoms with E-state index >= 15 is 0 Å². The van der Waals surface area contributed by atoms with Gasteiger partial charge in [0.25, 0.3) is 0 Å². The maximum absolute atomic E-state index is 5.33. The van der Waals surface area contributed by atoms with Gasteiger partial charge in [-0.25, -0.2) is 0 Å². The Morgan fingerprint density at radius 3 is 2.67 bits per heavy atom. The second kappa shape index (κ2) is 7.06. The van der Waals surface area contributed by atoms with Crippen LogP contribution in [0.1, 0.15) is 20.3 Å². The minimum Gasteiger partial charge on any atom is -0.497 e. The Bertz CT molecular complexity index is 943. The second-order valence-corrected chi connectivity index (χ2v) is 7.59. The van der Waals surface area contributed by atoms with E-state index in [1.807, 2.05) is 37.5 Å². The summed E-state index contributed by atoms with van der Waals surface area (Å²) in [6.07, 6.45) is 3.06. The van der Waals surface area contributed by atoms with Gasteiger partial charge >= 0.3 is 0 Å². The molecule has 4 rings (SSSR count). The number of nitrogens with one attached hydrogen (secondary N) is 1. The Balaban J connectivity index is 1.75. The van der Waals surface area contributed by atoms with Crippen molar-refractivity contribution in [2.45, 2.75) is 20.3 Å². The van der Waals surface area contributed by atoms with E-state index in [4.69, 9.17) is 14.7 Å². The van der Waals surface area contributed by atoms with Crippen LogP contribution in [-0.2, 0) is 7.05 Å². The first-order chi connectivity index (χ1) is 13.0. The number of fused-ring (bicyclic) bond motifs is 1. The summed E-state index contributed by atoms with van der Waals surface area (Å²) in [5.74, 6) is 3.59. The number of aromatic nitrogens is 4. The highest BCUT2D eigenvalue weighted by Crippen LogP contribution is 2.30. The van der Waals surface area contributed by atoms with Crippen LogP contribution in [0.2, 0.25) is 0 Å². The van der Waals surface area contributed by atoms with Crippen LogP contribution in [0.5, 0.6) is 5.75 Å². The van der Waals surface area contributed by atoms with Crippen LogP contribution in [0.25, 0.3) is 11.0 Å². The zero-order valence-corrected chi connectivity index (χ0v) is 16.3. The number of benzene rings is 1. The molecule has 1 aromatic carbocycles. The molecule has 0 amide bonds. The summed E-state index contributed by atoms with van der Waals surface area (Å²) in [5, 5.41) is 8.71. The quantitative estimate of drug-likeness (QED) is 0.761. The van der Waals surface area contributed by atoms with Crippen molar-refractivity contribution in [3.05, 3.63) is 30.5 Å². The molecule has 3 heterocycles. The van der Waals surface area contributed by atoms with Crippen LogP contribution in [0.3, 0.4) is 0 Å². The van der Waals surface area contributed by atoms with E-state index in [0.717, 1.165) is 47.3 Å².